The van der Waals surface area contributed by atoms with E-state index in [-0.39, 0.29) is 0 Å². The van der Waals surface area contributed by atoms with Crippen molar-refractivity contribution in [1.82, 2.24) is 0 Å². The van der Waals surface area contributed by atoms with Crippen LogP contribution in [0.25, 0.3) is 0 Å². The van der Waals surface area contributed by atoms with E-state index >= 15 is 0 Å². The first kappa shape index (κ1) is 12.9. The highest BCUT2D eigenvalue weighted by molar-refractivity contribution is 5.11. The molecule has 2 aliphatic carbocycles. The van der Waals surface area contributed by atoms with Crippen molar-refractivity contribution in [3.63, 3.8) is 0 Å². The Balaban J connectivity index is 1.91. The number of hydrogen-bond acceptors (Lipinski definition) is 0. The van der Waals surface area contributed by atoms with E-state index < -0.39 is 0 Å². The largest absolute Gasteiger partial charge is 0.0999 e. The SMILES string of the molecule is C=C(C)C1CCCC(C(=C)C2CCCCC2)C1. The van der Waals surface area contributed by atoms with Crippen molar-refractivity contribution in [2.24, 2.45) is 17.8 Å². The third-order valence-corrected chi connectivity index (χ3v) is 5.03. The smallest absolute Gasteiger partial charge is 0.0197 e. The van der Waals surface area contributed by atoms with Gasteiger partial charge in [-0.05, 0) is 56.8 Å². The number of allylic oxidation sites excluding steroid dienone is 2. The van der Waals surface area contributed by atoms with Gasteiger partial charge in [0.1, 0.15) is 0 Å². The fourth-order valence-corrected chi connectivity index (χ4v) is 3.78. The second kappa shape index (κ2) is 5.89. The van der Waals surface area contributed by atoms with Gasteiger partial charge < -0.3 is 0 Å². The highest BCUT2D eigenvalue weighted by Crippen LogP contribution is 2.41. The molecule has 96 valence electrons. The molecule has 0 heteroatoms. The summed E-state index contributed by atoms with van der Waals surface area (Å²) in [4.78, 5) is 0. The maximum absolute atomic E-state index is 4.47. The van der Waals surface area contributed by atoms with Gasteiger partial charge in [0.05, 0.1) is 0 Å². The van der Waals surface area contributed by atoms with Gasteiger partial charge in [0, 0.05) is 0 Å². The van der Waals surface area contributed by atoms with Gasteiger partial charge in [-0.15, -0.1) is 0 Å². The molecule has 0 radical (unpaired) electrons. The molecule has 2 rings (SSSR count). The van der Waals surface area contributed by atoms with Crippen molar-refractivity contribution >= 4 is 0 Å². The van der Waals surface area contributed by atoms with E-state index in [1.165, 1.54) is 63.4 Å². The summed E-state index contributed by atoms with van der Waals surface area (Å²) in [6, 6.07) is 0. The molecule has 0 saturated heterocycles. The zero-order chi connectivity index (χ0) is 12.3. The van der Waals surface area contributed by atoms with Crippen molar-refractivity contribution in [3.05, 3.63) is 24.3 Å². The van der Waals surface area contributed by atoms with Crippen molar-refractivity contribution in [1.29, 1.82) is 0 Å². The molecule has 0 aromatic heterocycles. The Labute approximate surface area is 107 Å². The van der Waals surface area contributed by atoms with Crippen molar-refractivity contribution < 1.29 is 0 Å². The molecule has 0 heterocycles. The van der Waals surface area contributed by atoms with Gasteiger partial charge in [0.25, 0.3) is 0 Å². The Morgan fingerprint density at radius 3 is 2.00 bits per heavy atom. The second-order valence-electron chi connectivity index (χ2n) is 6.32. The summed E-state index contributed by atoms with van der Waals surface area (Å²) in [7, 11) is 0. The molecule has 0 amide bonds. The lowest BCUT2D eigenvalue weighted by molar-refractivity contribution is 0.289. The minimum atomic E-state index is 0.772. The van der Waals surface area contributed by atoms with Crippen LogP contribution in [0.15, 0.2) is 24.3 Å². The average Bonchev–Trinajstić information content (AvgIpc) is 2.39. The molecular formula is C17H28. The predicted molar refractivity (Wildman–Crippen MR) is 76.0 cm³/mol. The van der Waals surface area contributed by atoms with E-state index in [2.05, 4.69) is 20.1 Å². The summed E-state index contributed by atoms with van der Waals surface area (Å²) in [6.45, 7) is 10.8. The summed E-state index contributed by atoms with van der Waals surface area (Å²) in [5.41, 5.74) is 2.99. The molecule has 0 nitrogen and oxygen atoms in total. The minimum Gasteiger partial charge on any atom is -0.0999 e. The Hall–Kier alpha value is -0.520. The van der Waals surface area contributed by atoms with Crippen LogP contribution in [0.1, 0.15) is 64.7 Å². The Morgan fingerprint density at radius 2 is 1.35 bits per heavy atom. The summed E-state index contributed by atoms with van der Waals surface area (Å²) in [6.07, 6.45) is 12.6. The molecule has 0 aromatic rings. The van der Waals surface area contributed by atoms with Crippen molar-refractivity contribution in [2.45, 2.75) is 64.7 Å². The molecule has 2 fully saturated rings. The molecule has 0 aromatic carbocycles. The van der Waals surface area contributed by atoms with Gasteiger partial charge in [-0.25, -0.2) is 0 Å². The highest BCUT2D eigenvalue weighted by atomic mass is 14.3. The number of rotatable bonds is 3. The zero-order valence-corrected chi connectivity index (χ0v) is 11.5. The van der Waals surface area contributed by atoms with E-state index in [9.17, 15) is 0 Å². The lowest BCUT2D eigenvalue weighted by Gasteiger charge is -2.35. The summed E-state index contributed by atoms with van der Waals surface area (Å²) >= 11 is 0. The first-order chi connectivity index (χ1) is 8.18. The predicted octanol–water partition coefficient (Wildman–Crippen LogP) is 5.51. The van der Waals surface area contributed by atoms with Crippen molar-refractivity contribution in [2.75, 3.05) is 0 Å². The quantitative estimate of drug-likeness (QED) is 0.563. The van der Waals surface area contributed by atoms with Crippen LogP contribution in [-0.2, 0) is 0 Å². The fraction of sp³-hybridized carbons (Fsp3) is 0.765. The third kappa shape index (κ3) is 3.24. The molecule has 0 aliphatic heterocycles. The lowest BCUT2D eigenvalue weighted by Crippen LogP contribution is -2.22. The molecule has 2 atom stereocenters. The summed E-state index contributed by atoms with van der Waals surface area (Å²) < 4.78 is 0. The molecule has 0 spiro atoms. The fourth-order valence-electron chi connectivity index (χ4n) is 3.78. The van der Waals surface area contributed by atoms with Gasteiger partial charge in [-0.3, -0.25) is 0 Å². The van der Waals surface area contributed by atoms with E-state index in [1.54, 1.807) is 5.57 Å². The van der Waals surface area contributed by atoms with Crippen LogP contribution in [0.5, 0.6) is 0 Å². The average molecular weight is 232 g/mol. The first-order valence-corrected chi connectivity index (χ1v) is 7.52. The van der Waals surface area contributed by atoms with E-state index in [0.29, 0.717) is 0 Å². The normalized spacial score (nSPS) is 31.1. The molecule has 2 aliphatic rings. The summed E-state index contributed by atoms with van der Waals surface area (Å²) in [5, 5.41) is 0. The highest BCUT2D eigenvalue weighted by Gasteiger charge is 2.28. The van der Waals surface area contributed by atoms with Gasteiger partial charge >= 0.3 is 0 Å². The molecule has 0 N–H and O–H groups in total. The topological polar surface area (TPSA) is 0 Å². The standard InChI is InChI=1S/C17H28/c1-13(2)16-10-7-11-17(12-16)14(3)15-8-5-4-6-9-15/h15-17H,1,3-12H2,2H3. The second-order valence-corrected chi connectivity index (χ2v) is 6.32. The molecule has 17 heavy (non-hydrogen) atoms. The maximum Gasteiger partial charge on any atom is -0.0197 e. The summed E-state index contributed by atoms with van der Waals surface area (Å²) in [5.74, 6) is 2.42. The molecule has 2 saturated carbocycles. The van der Waals surface area contributed by atoms with Gasteiger partial charge in [0.2, 0.25) is 0 Å². The molecular weight excluding hydrogens is 204 g/mol. The van der Waals surface area contributed by atoms with E-state index in [0.717, 1.165) is 17.8 Å². The first-order valence-electron chi connectivity index (χ1n) is 7.52. The maximum atomic E-state index is 4.47. The van der Waals surface area contributed by atoms with Crippen LogP contribution in [-0.4, -0.2) is 0 Å². The number of hydrogen-bond donors (Lipinski definition) is 0. The van der Waals surface area contributed by atoms with Gasteiger partial charge in [0.15, 0.2) is 0 Å². The van der Waals surface area contributed by atoms with Gasteiger partial charge in [-0.1, -0.05) is 50.0 Å². The van der Waals surface area contributed by atoms with Crippen LogP contribution in [0.4, 0.5) is 0 Å². The lowest BCUT2D eigenvalue weighted by atomic mass is 9.70. The van der Waals surface area contributed by atoms with E-state index in [4.69, 9.17) is 0 Å². The van der Waals surface area contributed by atoms with Crippen molar-refractivity contribution in [3.8, 4) is 0 Å². The Kier molecular flexibility index (Phi) is 4.48. The van der Waals surface area contributed by atoms with Crippen LogP contribution in [0, 0.1) is 17.8 Å². The van der Waals surface area contributed by atoms with Gasteiger partial charge in [-0.2, -0.15) is 0 Å². The monoisotopic (exact) mass is 232 g/mol. The molecule has 0 bridgehead atoms. The third-order valence-electron chi connectivity index (χ3n) is 5.03. The van der Waals surface area contributed by atoms with Crippen LogP contribution >= 0.6 is 0 Å². The van der Waals surface area contributed by atoms with Crippen LogP contribution in [0.2, 0.25) is 0 Å². The Morgan fingerprint density at radius 1 is 0.765 bits per heavy atom. The van der Waals surface area contributed by atoms with Crippen LogP contribution in [0.3, 0.4) is 0 Å². The molecule has 2 unspecified atom stereocenters. The minimum absolute atomic E-state index is 0.772. The van der Waals surface area contributed by atoms with E-state index in [1.807, 2.05) is 0 Å². The zero-order valence-electron chi connectivity index (χ0n) is 11.5. The Bertz CT molecular complexity index is 280. The van der Waals surface area contributed by atoms with Crippen LogP contribution < -0.4 is 0 Å².